The number of aryl methyl sites for hydroxylation is 1. The first-order valence-corrected chi connectivity index (χ1v) is 8.15. The second kappa shape index (κ2) is 3.82. The van der Waals surface area contributed by atoms with Crippen molar-refractivity contribution in [1.29, 1.82) is 0 Å². The van der Waals surface area contributed by atoms with Gasteiger partial charge >= 0.3 is 0 Å². The molecule has 2 atom stereocenters. The van der Waals surface area contributed by atoms with Crippen LogP contribution in [0.5, 0.6) is 0 Å². The van der Waals surface area contributed by atoms with E-state index < -0.39 is 20.7 Å². The Balaban J connectivity index is 2.49. The number of thiophene rings is 1. The highest BCUT2D eigenvalue weighted by molar-refractivity contribution is 7.91. The summed E-state index contributed by atoms with van der Waals surface area (Å²) in [6.45, 7) is 1.93. The number of aliphatic hydroxyl groups is 1. The molecule has 16 heavy (non-hydrogen) atoms. The summed E-state index contributed by atoms with van der Waals surface area (Å²) in [6, 6.07) is 1.85. The first-order valence-electron chi connectivity index (χ1n) is 5.31. The van der Waals surface area contributed by atoms with Gasteiger partial charge in [-0.25, -0.2) is 8.42 Å². The van der Waals surface area contributed by atoms with Gasteiger partial charge in [0, 0.05) is 11.1 Å². The maximum atomic E-state index is 11.7. The molecule has 0 radical (unpaired) electrons. The van der Waals surface area contributed by atoms with Crippen molar-refractivity contribution in [1.82, 2.24) is 0 Å². The Bertz CT molecular complexity index is 489. The Kier molecular flexibility index (Phi) is 2.88. The molecule has 0 bridgehead atoms. The molecule has 1 fully saturated rings. The lowest BCUT2D eigenvalue weighted by atomic mass is 9.92. The highest BCUT2D eigenvalue weighted by Crippen LogP contribution is 2.44. The van der Waals surface area contributed by atoms with Gasteiger partial charge < -0.3 is 5.11 Å². The maximum Gasteiger partial charge on any atom is 0.153 e. The van der Waals surface area contributed by atoms with Crippen molar-refractivity contribution in [2.75, 3.05) is 6.26 Å². The molecule has 2 unspecified atom stereocenters. The summed E-state index contributed by atoms with van der Waals surface area (Å²) in [5.74, 6) is 0. The average Bonchev–Trinajstić information content (AvgIpc) is 2.70. The van der Waals surface area contributed by atoms with E-state index in [1.54, 1.807) is 11.3 Å². The molecule has 5 heteroatoms. The standard InChI is InChI=1S/C11H16O3S2/c1-8-9(5-7-15-8)11(12)6-3-4-10(11)16(2,13)14/h5,7,10,12H,3-4,6H2,1-2H3. The minimum atomic E-state index is -3.20. The first-order chi connectivity index (χ1) is 7.36. The molecule has 1 saturated carbocycles. The molecule has 3 nitrogen and oxygen atoms in total. The molecule has 90 valence electrons. The monoisotopic (exact) mass is 260 g/mol. The van der Waals surface area contributed by atoms with Crippen LogP contribution in [0.15, 0.2) is 11.4 Å². The van der Waals surface area contributed by atoms with Gasteiger partial charge in [0.1, 0.15) is 5.60 Å². The van der Waals surface area contributed by atoms with Crippen molar-refractivity contribution in [3.05, 3.63) is 21.9 Å². The highest BCUT2D eigenvalue weighted by Gasteiger charge is 2.48. The molecule has 1 aliphatic carbocycles. The van der Waals surface area contributed by atoms with E-state index in [0.29, 0.717) is 12.8 Å². The first kappa shape index (κ1) is 12.1. The molecular formula is C11H16O3S2. The fraction of sp³-hybridized carbons (Fsp3) is 0.636. The van der Waals surface area contributed by atoms with Crippen LogP contribution in [0.1, 0.15) is 29.7 Å². The number of sulfone groups is 1. The summed E-state index contributed by atoms with van der Waals surface area (Å²) < 4.78 is 23.4. The third-order valence-corrected chi connectivity index (χ3v) is 5.90. The molecule has 1 aliphatic rings. The summed E-state index contributed by atoms with van der Waals surface area (Å²) in [6.07, 6.45) is 3.09. The zero-order valence-electron chi connectivity index (χ0n) is 9.43. The summed E-state index contributed by atoms with van der Waals surface area (Å²) in [4.78, 5) is 1.01. The maximum absolute atomic E-state index is 11.7. The van der Waals surface area contributed by atoms with Crippen LogP contribution >= 0.6 is 11.3 Å². The number of hydrogen-bond donors (Lipinski definition) is 1. The highest BCUT2D eigenvalue weighted by atomic mass is 32.2. The minimum absolute atomic E-state index is 0.544. The van der Waals surface area contributed by atoms with Gasteiger partial charge in [0.15, 0.2) is 9.84 Å². The van der Waals surface area contributed by atoms with Crippen LogP contribution in [0.25, 0.3) is 0 Å². The van der Waals surface area contributed by atoms with Gasteiger partial charge in [-0.1, -0.05) is 0 Å². The van der Waals surface area contributed by atoms with Crippen molar-refractivity contribution >= 4 is 21.2 Å². The number of rotatable bonds is 2. The fourth-order valence-electron chi connectivity index (χ4n) is 2.67. The molecule has 0 aromatic carbocycles. The van der Waals surface area contributed by atoms with Gasteiger partial charge in [0.25, 0.3) is 0 Å². The summed E-state index contributed by atoms with van der Waals surface area (Å²) >= 11 is 1.55. The topological polar surface area (TPSA) is 54.4 Å². The van der Waals surface area contributed by atoms with Crippen LogP contribution in [0, 0.1) is 6.92 Å². The normalized spacial score (nSPS) is 30.8. The van der Waals surface area contributed by atoms with E-state index in [0.717, 1.165) is 16.9 Å². The Labute approximate surface area is 100 Å². The van der Waals surface area contributed by atoms with Gasteiger partial charge in [0.05, 0.1) is 5.25 Å². The summed E-state index contributed by atoms with van der Waals surface area (Å²) in [5, 5.41) is 11.9. The third-order valence-electron chi connectivity index (χ3n) is 3.40. The third kappa shape index (κ3) is 1.81. The molecular weight excluding hydrogens is 244 g/mol. The van der Waals surface area contributed by atoms with Crippen LogP contribution in [0.4, 0.5) is 0 Å². The molecule has 0 amide bonds. The molecule has 0 aliphatic heterocycles. The lowest BCUT2D eigenvalue weighted by Gasteiger charge is -2.29. The second-order valence-corrected chi connectivity index (χ2v) is 7.87. The average molecular weight is 260 g/mol. The zero-order valence-corrected chi connectivity index (χ0v) is 11.1. The molecule has 1 aromatic rings. The van der Waals surface area contributed by atoms with E-state index in [-0.39, 0.29) is 0 Å². The quantitative estimate of drug-likeness (QED) is 0.883. The largest absolute Gasteiger partial charge is 0.384 e. The molecule has 2 rings (SSSR count). The van der Waals surface area contributed by atoms with Crippen LogP contribution < -0.4 is 0 Å². The van der Waals surface area contributed by atoms with E-state index in [1.807, 2.05) is 18.4 Å². The van der Waals surface area contributed by atoms with E-state index >= 15 is 0 Å². The predicted molar refractivity (Wildman–Crippen MR) is 65.4 cm³/mol. The molecule has 0 spiro atoms. The van der Waals surface area contributed by atoms with Gasteiger partial charge in [-0.3, -0.25) is 0 Å². The fourth-order valence-corrected chi connectivity index (χ4v) is 5.00. The molecule has 0 saturated heterocycles. The van der Waals surface area contributed by atoms with Crippen LogP contribution in [-0.4, -0.2) is 25.0 Å². The SMILES string of the molecule is Cc1sccc1C1(O)CCCC1S(C)(=O)=O. The van der Waals surface area contributed by atoms with Crippen LogP contribution in [0.2, 0.25) is 0 Å². The van der Waals surface area contributed by atoms with Crippen LogP contribution in [-0.2, 0) is 15.4 Å². The van der Waals surface area contributed by atoms with Crippen LogP contribution in [0.3, 0.4) is 0 Å². The van der Waals surface area contributed by atoms with Gasteiger partial charge in [-0.05, 0) is 43.2 Å². The van der Waals surface area contributed by atoms with Crippen molar-refractivity contribution in [3.8, 4) is 0 Å². The molecule has 1 N–H and O–H groups in total. The van der Waals surface area contributed by atoms with Crippen molar-refractivity contribution in [3.63, 3.8) is 0 Å². The summed E-state index contributed by atoms with van der Waals surface area (Å²) in [7, 11) is -3.20. The van der Waals surface area contributed by atoms with E-state index in [2.05, 4.69) is 0 Å². The van der Waals surface area contributed by atoms with Crippen molar-refractivity contribution in [2.45, 2.75) is 37.0 Å². The summed E-state index contributed by atoms with van der Waals surface area (Å²) in [5.41, 5.74) is -0.372. The van der Waals surface area contributed by atoms with E-state index in [9.17, 15) is 13.5 Å². The van der Waals surface area contributed by atoms with E-state index in [4.69, 9.17) is 0 Å². The predicted octanol–water partition coefficient (Wildman–Crippen LogP) is 1.84. The van der Waals surface area contributed by atoms with Crippen molar-refractivity contribution in [2.24, 2.45) is 0 Å². The van der Waals surface area contributed by atoms with Gasteiger partial charge in [-0.2, -0.15) is 0 Å². The lowest BCUT2D eigenvalue weighted by molar-refractivity contribution is 0.0476. The Hall–Kier alpha value is -0.390. The zero-order chi connectivity index (χ0) is 12.0. The second-order valence-electron chi connectivity index (χ2n) is 4.53. The van der Waals surface area contributed by atoms with Gasteiger partial charge in [-0.15, -0.1) is 11.3 Å². The Morgan fingerprint density at radius 2 is 2.25 bits per heavy atom. The molecule has 1 aromatic heterocycles. The smallest absolute Gasteiger partial charge is 0.153 e. The van der Waals surface area contributed by atoms with Gasteiger partial charge in [0.2, 0.25) is 0 Å². The van der Waals surface area contributed by atoms with E-state index in [1.165, 1.54) is 6.26 Å². The Morgan fingerprint density at radius 3 is 2.75 bits per heavy atom. The minimum Gasteiger partial charge on any atom is -0.384 e. The molecule has 1 heterocycles. The number of hydrogen-bond acceptors (Lipinski definition) is 4. The lowest BCUT2D eigenvalue weighted by Crippen LogP contribution is -2.39. The van der Waals surface area contributed by atoms with Crippen molar-refractivity contribution < 1.29 is 13.5 Å². The Morgan fingerprint density at radius 1 is 1.56 bits per heavy atom.